The molecule has 0 heterocycles. The summed E-state index contributed by atoms with van der Waals surface area (Å²) in [4.78, 5) is 33.1. The van der Waals surface area contributed by atoms with Crippen molar-refractivity contribution >= 4 is 29.4 Å². The van der Waals surface area contributed by atoms with E-state index in [0.29, 0.717) is 10.5 Å². The van der Waals surface area contributed by atoms with E-state index in [2.05, 4.69) is 0 Å². The number of hydrogen-bond acceptors (Lipinski definition) is 5. The van der Waals surface area contributed by atoms with Crippen molar-refractivity contribution in [1.29, 1.82) is 0 Å². The average Bonchev–Trinajstić information content (AvgIpc) is 2.48. The lowest BCUT2D eigenvalue weighted by atomic mass is 10.2. The number of aliphatic carboxylic acids is 1. The fraction of sp³-hybridized carbons (Fsp3) is 0.0667. The molecule has 0 radical (unpaired) electrons. The number of carboxylic acid groups (broad SMARTS) is 2. The monoisotopic (exact) mass is 333 g/mol. The fourth-order valence-corrected chi connectivity index (χ4v) is 2.75. The summed E-state index contributed by atoms with van der Waals surface area (Å²) in [6.45, 7) is 0. The molecule has 0 saturated carbocycles. The van der Waals surface area contributed by atoms with Gasteiger partial charge in [-0.15, -0.1) is 0 Å². The van der Waals surface area contributed by atoms with Crippen molar-refractivity contribution in [1.82, 2.24) is 0 Å². The van der Waals surface area contributed by atoms with Gasteiger partial charge >= 0.3 is 11.9 Å². The average molecular weight is 333 g/mol. The van der Waals surface area contributed by atoms with E-state index < -0.39 is 22.5 Å². The highest BCUT2D eigenvalue weighted by Crippen LogP contribution is 2.31. The Balaban J connectivity index is 2.23. The van der Waals surface area contributed by atoms with Crippen LogP contribution >= 0.6 is 11.8 Å². The molecule has 8 heteroatoms. The summed E-state index contributed by atoms with van der Waals surface area (Å²) in [6, 6.07) is 10.6. The highest BCUT2D eigenvalue weighted by molar-refractivity contribution is 7.99. The molecule has 2 rings (SSSR count). The maximum absolute atomic E-state index is 11.1. The standard InChI is InChI=1S/C15H11NO6S/c17-14(18)7-9-1-3-10(4-2-9)23-11-5-6-13(16(21)22)12(8-11)15(19)20/h1-6,8H,7H2,(H,17,18)(H,19,20). The lowest BCUT2D eigenvalue weighted by molar-refractivity contribution is -0.385. The number of carbonyl (C=O) groups is 2. The first-order valence-electron chi connectivity index (χ1n) is 6.37. The summed E-state index contributed by atoms with van der Waals surface area (Å²) in [7, 11) is 0. The fourth-order valence-electron chi connectivity index (χ4n) is 1.90. The molecule has 0 bridgehead atoms. The van der Waals surface area contributed by atoms with Gasteiger partial charge in [-0.25, -0.2) is 4.79 Å². The van der Waals surface area contributed by atoms with Gasteiger partial charge in [0.15, 0.2) is 0 Å². The largest absolute Gasteiger partial charge is 0.481 e. The van der Waals surface area contributed by atoms with Crippen LogP contribution in [0.4, 0.5) is 5.69 Å². The number of aromatic carboxylic acids is 1. The van der Waals surface area contributed by atoms with Gasteiger partial charge in [0.1, 0.15) is 5.56 Å². The van der Waals surface area contributed by atoms with Crippen LogP contribution in [0.3, 0.4) is 0 Å². The summed E-state index contributed by atoms with van der Waals surface area (Å²) >= 11 is 1.23. The molecule has 118 valence electrons. The smallest absolute Gasteiger partial charge is 0.342 e. The highest BCUT2D eigenvalue weighted by Gasteiger charge is 2.20. The van der Waals surface area contributed by atoms with Crippen molar-refractivity contribution in [2.24, 2.45) is 0 Å². The van der Waals surface area contributed by atoms with Gasteiger partial charge in [0.2, 0.25) is 0 Å². The van der Waals surface area contributed by atoms with Crippen LogP contribution in [0, 0.1) is 10.1 Å². The lowest BCUT2D eigenvalue weighted by Gasteiger charge is -2.05. The van der Waals surface area contributed by atoms with Gasteiger partial charge < -0.3 is 10.2 Å². The van der Waals surface area contributed by atoms with Gasteiger partial charge in [-0.3, -0.25) is 14.9 Å². The molecule has 0 amide bonds. The number of nitro groups is 1. The first-order chi connectivity index (χ1) is 10.9. The van der Waals surface area contributed by atoms with Gasteiger partial charge in [-0.05, 0) is 29.8 Å². The van der Waals surface area contributed by atoms with Gasteiger partial charge in [0, 0.05) is 15.9 Å². The summed E-state index contributed by atoms with van der Waals surface area (Å²) in [5.41, 5.74) is -0.182. The van der Waals surface area contributed by atoms with E-state index in [9.17, 15) is 19.7 Å². The van der Waals surface area contributed by atoms with E-state index in [4.69, 9.17) is 10.2 Å². The molecule has 23 heavy (non-hydrogen) atoms. The van der Waals surface area contributed by atoms with Gasteiger partial charge in [0.25, 0.3) is 5.69 Å². The van der Waals surface area contributed by atoms with E-state index in [1.807, 2.05) is 0 Å². The van der Waals surface area contributed by atoms with E-state index in [1.165, 1.54) is 23.9 Å². The maximum atomic E-state index is 11.1. The lowest BCUT2D eigenvalue weighted by Crippen LogP contribution is -2.02. The molecule has 0 aliphatic heterocycles. The maximum Gasteiger partial charge on any atom is 0.342 e. The number of nitro benzene ring substituents is 1. The van der Waals surface area contributed by atoms with Crippen molar-refractivity contribution in [3.8, 4) is 0 Å². The first-order valence-corrected chi connectivity index (χ1v) is 7.19. The molecular formula is C15H11NO6S. The first kappa shape index (κ1) is 16.5. The molecule has 0 aliphatic carbocycles. The molecule has 0 fully saturated rings. The van der Waals surface area contributed by atoms with E-state index in [0.717, 1.165) is 11.0 Å². The predicted octanol–water partition coefficient (Wildman–Crippen LogP) is 3.07. The molecule has 2 aromatic rings. The summed E-state index contributed by atoms with van der Waals surface area (Å²) < 4.78 is 0. The van der Waals surface area contributed by atoms with Crippen LogP contribution in [0.2, 0.25) is 0 Å². The Morgan fingerprint density at radius 1 is 1.04 bits per heavy atom. The van der Waals surface area contributed by atoms with E-state index in [-0.39, 0.29) is 12.0 Å². The quantitative estimate of drug-likeness (QED) is 0.616. The minimum Gasteiger partial charge on any atom is -0.481 e. The van der Waals surface area contributed by atoms with Crippen LogP contribution < -0.4 is 0 Å². The molecule has 7 nitrogen and oxygen atoms in total. The minimum absolute atomic E-state index is 0.0777. The second-order valence-corrected chi connectivity index (χ2v) is 5.70. The van der Waals surface area contributed by atoms with Crippen LogP contribution in [0.1, 0.15) is 15.9 Å². The number of carboxylic acids is 2. The van der Waals surface area contributed by atoms with Crippen LogP contribution in [0.5, 0.6) is 0 Å². The van der Waals surface area contributed by atoms with Crippen molar-refractivity contribution in [2.45, 2.75) is 16.2 Å². The number of benzene rings is 2. The normalized spacial score (nSPS) is 10.3. The Kier molecular flexibility index (Phi) is 4.97. The van der Waals surface area contributed by atoms with Crippen LogP contribution in [0.25, 0.3) is 0 Å². The van der Waals surface area contributed by atoms with Gasteiger partial charge in [-0.1, -0.05) is 23.9 Å². The summed E-state index contributed by atoms with van der Waals surface area (Å²) in [6.07, 6.45) is -0.0777. The molecular weight excluding hydrogens is 322 g/mol. The van der Waals surface area contributed by atoms with Crippen molar-refractivity contribution in [3.63, 3.8) is 0 Å². The zero-order valence-corrected chi connectivity index (χ0v) is 12.4. The Bertz CT molecular complexity index is 772. The van der Waals surface area contributed by atoms with Crippen molar-refractivity contribution < 1.29 is 24.7 Å². The topological polar surface area (TPSA) is 118 Å². The third-order valence-corrected chi connectivity index (χ3v) is 3.91. The Morgan fingerprint density at radius 2 is 1.65 bits per heavy atom. The third-order valence-electron chi connectivity index (χ3n) is 2.91. The number of rotatable bonds is 6. The predicted molar refractivity (Wildman–Crippen MR) is 82.0 cm³/mol. The van der Waals surface area contributed by atoms with Gasteiger partial charge in [0.05, 0.1) is 11.3 Å². The Morgan fingerprint density at radius 3 is 2.17 bits per heavy atom. The molecule has 0 spiro atoms. The Labute approximate surface area is 134 Å². The SMILES string of the molecule is O=C(O)Cc1ccc(Sc2ccc([N+](=O)[O-])c(C(=O)O)c2)cc1. The van der Waals surface area contributed by atoms with Crippen LogP contribution in [0.15, 0.2) is 52.3 Å². The minimum atomic E-state index is -1.36. The van der Waals surface area contributed by atoms with Crippen LogP contribution in [-0.2, 0) is 11.2 Å². The number of hydrogen-bond donors (Lipinski definition) is 2. The number of nitrogens with zero attached hydrogens (tertiary/aromatic N) is 1. The zero-order chi connectivity index (χ0) is 17.0. The highest BCUT2D eigenvalue weighted by atomic mass is 32.2. The summed E-state index contributed by atoms with van der Waals surface area (Å²) in [5.74, 6) is -2.29. The zero-order valence-electron chi connectivity index (χ0n) is 11.6. The van der Waals surface area contributed by atoms with Crippen LogP contribution in [-0.4, -0.2) is 27.1 Å². The molecule has 2 aromatic carbocycles. The second-order valence-electron chi connectivity index (χ2n) is 4.56. The second kappa shape index (κ2) is 6.93. The molecule has 0 aromatic heterocycles. The van der Waals surface area contributed by atoms with E-state index >= 15 is 0 Å². The van der Waals surface area contributed by atoms with Crippen molar-refractivity contribution in [2.75, 3.05) is 0 Å². The van der Waals surface area contributed by atoms with E-state index in [1.54, 1.807) is 24.3 Å². The molecule has 0 atom stereocenters. The molecule has 0 unspecified atom stereocenters. The molecule has 0 saturated heterocycles. The molecule has 2 N–H and O–H groups in total. The molecule has 0 aliphatic rings. The van der Waals surface area contributed by atoms with Gasteiger partial charge in [-0.2, -0.15) is 0 Å². The third kappa shape index (κ3) is 4.30. The summed E-state index contributed by atoms with van der Waals surface area (Å²) in [5, 5.41) is 28.6. The van der Waals surface area contributed by atoms with Crippen molar-refractivity contribution in [3.05, 3.63) is 63.7 Å². The Hall–Kier alpha value is -2.87.